The third-order valence-corrected chi connectivity index (χ3v) is 3.75. The Morgan fingerprint density at radius 3 is 2.40 bits per heavy atom. The van der Waals surface area contributed by atoms with Crippen LogP contribution in [0.5, 0.6) is 0 Å². The van der Waals surface area contributed by atoms with Gasteiger partial charge in [-0.2, -0.15) is 0 Å². The molecule has 25 heavy (non-hydrogen) atoms. The van der Waals surface area contributed by atoms with Crippen LogP contribution in [0.3, 0.4) is 0 Å². The first kappa shape index (κ1) is 18.4. The zero-order valence-electron chi connectivity index (χ0n) is 14.6. The Labute approximate surface area is 146 Å². The fraction of sp³-hybridized carbons (Fsp3) is 0.263. The lowest BCUT2D eigenvalue weighted by molar-refractivity contribution is 0.0955. The van der Waals surface area contributed by atoms with Crippen molar-refractivity contribution in [2.24, 2.45) is 0 Å². The monoisotopic (exact) mass is 343 g/mol. The van der Waals surface area contributed by atoms with E-state index in [4.69, 9.17) is 0 Å². The van der Waals surface area contributed by atoms with Crippen LogP contribution in [0.2, 0.25) is 0 Å². The number of carbonyl (C=O) groups is 2. The molecule has 0 bridgehead atoms. The van der Waals surface area contributed by atoms with Gasteiger partial charge in [-0.15, -0.1) is 0 Å². The predicted molar refractivity (Wildman–Crippen MR) is 96.2 cm³/mol. The summed E-state index contributed by atoms with van der Waals surface area (Å²) in [6.07, 6.45) is 0. The van der Waals surface area contributed by atoms with Gasteiger partial charge in [0.15, 0.2) is 0 Å². The summed E-state index contributed by atoms with van der Waals surface area (Å²) >= 11 is 0. The summed E-state index contributed by atoms with van der Waals surface area (Å²) in [4.78, 5) is 23.8. The Bertz CT molecular complexity index is 790. The topological polar surface area (TPSA) is 70.2 Å². The number of hydrogen-bond acceptors (Lipinski definition) is 2. The molecule has 0 atom stereocenters. The highest BCUT2D eigenvalue weighted by molar-refractivity contribution is 5.96. The molecule has 0 aliphatic rings. The molecule has 6 heteroatoms. The van der Waals surface area contributed by atoms with Crippen LogP contribution in [-0.2, 0) is 6.54 Å². The smallest absolute Gasteiger partial charge is 0.319 e. The van der Waals surface area contributed by atoms with Crippen molar-refractivity contribution in [1.82, 2.24) is 10.6 Å². The molecular weight excluding hydrogens is 321 g/mol. The molecule has 0 heterocycles. The number of anilines is 1. The second kappa shape index (κ2) is 8.28. The molecule has 0 radical (unpaired) electrons. The zero-order chi connectivity index (χ0) is 18.4. The molecule has 0 spiro atoms. The van der Waals surface area contributed by atoms with Crippen LogP contribution in [0.25, 0.3) is 0 Å². The van der Waals surface area contributed by atoms with E-state index < -0.39 is 0 Å². The molecule has 0 saturated carbocycles. The Balaban J connectivity index is 1.95. The number of benzene rings is 2. The van der Waals surface area contributed by atoms with E-state index in [9.17, 15) is 14.0 Å². The number of aryl methyl sites for hydroxylation is 2. The van der Waals surface area contributed by atoms with E-state index in [0.717, 1.165) is 11.1 Å². The highest BCUT2D eigenvalue weighted by atomic mass is 19.1. The Morgan fingerprint density at radius 2 is 1.76 bits per heavy atom. The molecule has 0 aliphatic carbocycles. The fourth-order valence-corrected chi connectivity index (χ4v) is 2.37. The van der Waals surface area contributed by atoms with Crippen LogP contribution < -0.4 is 16.0 Å². The number of halogens is 1. The lowest BCUT2D eigenvalue weighted by atomic mass is 10.1. The Morgan fingerprint density at radius 1 is 1.00 bits per heavy atom. The van der Waals surface area contributed by atoms with Gasteiger partial charge in [0.1, 0.15) is 5.82 Å². The van der Waals surface area contributed by atoms with E-state index in [2.05, 4.69) is 16.0 Å². The number of hydrogen-bond donors (Lipinski definition) is 3. The average molecular weight is 343 g/mol. The largest absolute Gasteiger partial charge is 0.352 e. The van der Waals surface area contributed by atoms with Crippen molar-refractivity contribution < 1.29 is 14.0 Å². The summed E-state index contributed by atoms with van der Waals surface area (Å²) in [5, 5.41) is 8.21. The molecule has 0 unspecified atom stereocenters. The Kier molecular flexibility index (Phi) is 6.11. The van der Waals surface area contributed by atoms with Gasteiger partial charge in [-0.1, -0.05) is 12.1 Å². The van der Waals surface area contributed by atoms with Crippen molar-refractivity contribution >= 4 is 17.6 Å². The van der Waals surface area contributed by atoms with E-state index in [1.807, 2.05) is 13.8 Å². The second-order valence-electron chi connectivity index (χ2n) is 5.78. The minimum atomic E-state index is -0.365. The fourth-order valence-electron chi connectivity index (χ4n) is 2.37. The first-order chi connectivity index (χ1) is 11.9. The summed E-state index contributed by atoms with van der Waals surface area (Å²) in [5.74, 6) is -0.413. The van der Waals surface area contributed by atoms with Gasteiger partial charge in [0.2, 0.25) is 0 Å². The molecular formula is C19H22FN3O2. The van der Waals surface area contributed by atoms with Crippen LogP contribution >= 0.6 is 0 Å². The van der Waals surface area contributed by atoms with Crippen LogP contribution in [0.15, 0.2) is 36.4 Å². The summed E-state index contributed by atoms with van der Waals surface area (Å²) in [5.41, 5.74) is 3.32. The number of amides is 3. The maximum Gasteiger partial charge on any atom is 0.319 e. The van der Waals surface area contributed by atoms with E-state index in [0.29, 0.717) is 29.9 Å². The van der Waals surface area contributed by atoms with Gasteiger partial charge in [0.05, 0.1) is 0 Å². The number of carbonyl (C=O) groups excluding carboxylic acids is 2. The van der Waals surface area contributed by atoms with Gasteiger partial charge in [-0.05, 0) is 61.7 Å². The molecule has 2 aromatic carbocycles. The summed E-state index contributed by atoms with van der Waals surface area (Å²) in [6, 6.07) is 9.43. The van der Waals surface area contributed by atoms with Crippen LogP contribution in [0.1, 0.15) is 34.0 Å². The van der Waals surface area contributed by atoms with Crippen molar-refractivity contribution in [3.05, 3.63) is 64.5 Å². The van der Waals surface area contributed by atoms with Crippen molar-refractivity contribution in [2.75, 3.05) is 11.9 Å². The lowest BCUT2D eigenvalue weighted by Crippen LogP contribution is -2.28. The molecule has 132 valence electrons. The van der Waals surface area contributed by atoms with E-state index >= 15 is 0 Å². The Hall–Kier alpha value is -2.89. The molecule has 2 rings (SSSR count). The minimum Gasteiger partial charge on any atom is -0.352 e. The van der Waals surface area contributed by atoms with Crippen molar-refractivity contribution in [1.29, 1.82) is 0 Å². The van der Waals surface area contributed by atoms with Crippen LogP contribution in [0, 0.1) is 19.7 Å². The molecule has 2 aromatic rings. The first-order valence-corrected chi connectivity index (χ1v) is 8.09. The number of rotatable bonds is 5. The maximum atomic E-state index is 13.2. The average Bonchev–Trinajstić information content (AvgIpc) is 2.58. The first-order valence-electron chi connectivity index (χ1n) is 8.09. The molecule has 5 nitrogen and oxygen atoms in total. The molecule has 3 N–H and O–H groups in total. The molecule has 0 saturated heterocycles. The van der Waals surface area contributed by atoms with E-state index in [-0.39, 0.29) is 17.8 Å². The van der Waals surface area contributed by atoms with Crippen molar-refractivity contribution in [2.45, 2.75) is 27.3 Å². The third kappa shape index (κ3) is 5.04. The summed E-state index contributed by atoms with van der Waals surface area (Å²) < 4.78 is 13.2. The van der Waals surface area contributed by atoms with Gasteiger partial charge in [0, 0.05) is 24.3 Å². The lowest BCUT2D eigenvalue weighted by Gasteiger charge is -2.12. The number of nitrogens with one attached hydrogen (secondary N) is 3. The zero-order valence-corrected chi connectivity index (χ0v) is 14.6. The summed E-state index contributed by atoms with van der Waals surface area (Å²) in [6.45, 7) is 6.21. The SMILES string of the molecule is CCNC(=O)c1ccc(NC(=O)NCc2ccc(F)c(C)c2)c(C)c1. The third-order valence-electron chi connectivity index (χ3n) is 3.75. The van der Waals surface area contributed by atoms with Gasteiger partial charge < -0.3 is 16.0 Å². The van der Waals surface area contributed by atoms with Crippen molar-refractivity contribution in [3.63, 3.8) is 0 Å². The van der Waals surface area contributed by atoms with Gasteiger partial charge in [0.25, 0.3) is 5.91 Å². The van der Waals surface area contributed by atoms with E-state index in [1.165, 1.54) is 6.07 Å². The van der Waals surface area contributed by atoms with Gasteiger partial charge >= 0.3 is 6.03 Å². The predicted octanol–water partition coefficient (Wildman–Crippen LogP) is 3.51. The molecule has 0 fully saturated rings. The highest BCUT2D eigenvalue weighted by Gasteiger charge is 2.09. The maximum absolute atomic E-state index is 13.2. The highest BCUT2D eigenvalue weighted by Crippen LogP contribution is 2.16. The van der Waals surface area contributed by atoms with Gasteiger partial charge in [-0.25, -0.2) is 9.18 Å². The minimum absolute atomic E-state index is 0.145. The van der Waals surface area contributed by atoms with Crippen molar-refractivity contribution in [3.8, 4) is 0 Å². The second-order valence-corrected chi connectivity index (χ2v) is 5.78. The number of urea groups is 1. The van der Waals surface area contributed by atoms with E-state index in [1.54, 1.807) is 37.3 Å². The quantitative estimate of drug-likeness (QED) is 0.777. The van der Waals surface area contributed by atoms with Crippen LogP contribution in [0.4, 0.5) is 14.9 Å². The standard InChI is InChI=1S/C19H22FN3O2/c1-4-21-18(24)15-6-8-17(13(3)10-15)23-19(25)22-11-14-5-7-16(20)12(2)9-14/h5-10H,4,11H2,1-3H3,(H,21,24)(H2,22,23,25). The van der Waals surface area contributed by atoms with Gasteiger partial charge in [-0.3, -0.25) is 4.79 Å². The molecule has 3 amide bonds. The normalized spacial score (nSPS) is 10.2. The molecule has 0 aromatic heterocycles. The summed E-state index contributed by atoms with van der Waals surface area (Å²) in [7, 11) is 0. The van der Waals surface area contributed by atoms with Crippen LogP contribution in [-0.4, -0.2) is 18.5 Å². The molecule has 0 aliphatic heterocycles.